The maximum absolute atomic E-state index is 14.1. The van der Waals surface area contributed by atoms with E-state index >= 15 is 0 Å². The Bertz CT molecular complexity index is 574. The Balaban J connectivity index is 2.11. The van der Waals surface area contributed by atoms with E-state index in [1.165, 1.54) is 11.0 Å². The van der Waals surface area contributed by atoms with E-state index in [9.17, 15) is 14.3 Å². The first-order valence-corrected chi connectivity index (χ1v) is 7.61. The molecule has 2 rings (SSSR count). The van der Waals surface area contributed by atoms with Crippen LogP contribution in [-0.2, 0) is 4.74 Å². The molecular weight excluding hydrogens is 301 g/mol. The first-order valence-electron chi connectivity index (χ1n) is 7.61. The van der Waals surface area contributed by atoms with Gasteiger partial charge in [0.05, 0.1) is 18.3 Å². The summed E-state index contributed by atoms with van der Waals surface area (Å²) in [6.07, 6.45) is -0.464. The highest BCUT2D eigenvalue weighted by Gasteiger charge is 2.33. The van der Waals surface area contributed by atoms with Gasteiger partial charge in [0.15, 0.2) is 0 Å². The van der Waals surface area contributed by atoms with Crippen LogP contribution in [0.15, 0.2) is 18.2 Å². The van der Waals surface area contributed by atoms with Crippen LogP contribution in [0.2, 0.25) is 0 Å². The van der Waals surface area contributed by atoms with E-state index in [0.29, 0.717) is 31.0 Å². The van der Waals surface area contributed by atoms with E-state index in [2.05, 4.69) is 0 Å². The first-order chi connectivity index (χ1) is 10.7. The molecule has 1 aliphatic rings. The topological polar surface area (TPSA) is 79.0 Å². The second-order valence-electron chi connectivity index (χ2n) is 6.67. The van der Waals surface area contributed by atoms with Gasteiger partial charge < -0.3 is 20.5 Å². The highest BCUT2D eigenvalue weighted by molar-refractivity contribution is 5.69. The van der Waals surface area contributed by atoms with Gasteiger partial charge in [0.2, 0.25) is 0 Å². The normalized spacial score (nSPS) is 18.9. The fourth-order valence-corrected chi connectivity index (χ4v) is 2.57. The Hall–Kier alpha value is -2.02. The number of hydrogen-bond acceptors (Lipinski definition) is 5. The zero-order chi connectivity index (χ0) is 17.2. The van der Waals surface area contributed by atoms with Crippen molar-refractivity contribution in [2.75, 3.05) is 36.9 Å². The number of carbonyl (C=O) groups is 1. The lowest BCUT2D eigenvalue weighted by atomic mass is 10.1. The smallest absolute Gasteiger partial charge is 0.410 e. The van der Waals surface area contributed by atoms with Crippen molar-refractivity contribution in [2.24, 2.45) is 0 Å². The predicted octanol–water partition coefficient (Wildman–Crippen LogP) is 1.83. The molecule has 128 valence electrons. The molecule has 0 bridgehead atoms. The number of rotatable bonds is 2. The third-order valence-corrected chi connectivity index (χ3v) is 3.63. The second-order valence-corrected chi connectivity index (χ2v) is 6.67. The molecule has 0 saturated carbocycles. The van der Waals surface area contributed by atoms with Crippen LogP contribution in [-0.4, -0.2) is 54.0 Å². The Morgan fingerprint density at radius 1 is 1.43 bits per heavy atom. The lowest BCUT2D eigenvalue weighted by molar-refractivity contribution is 0.00702. The molecule has 3 N–H and O–H groups in total. The van der Waals surface area contributed by atoms with Gasteiger partial charge in [-0.3, -0.25) is 4.90 Å². The van der Waals surface area contributed by atoms with E-state index < -0.39 is 23.6 Å². The molecule has 23 heavy (non-hydrogen) atoms. The standard InChI is InChI=1S/C16H24FN3O3/c1-16(2,3)23-15(22)20-7-6-19(9-12(20)10-21)14-5-4-11(18)8-13(14)17/h4-5,8,12,21H,6-7,9-10,18H2,1-3H3/t12-/m0/s1. The summed E-state index contributed by atoms with van der Waals surface area (Å²) in [5.41, 5.74) is 5.74. The molecule has 1 fully saturated rings. The SMILES string of the molecule is CC(C)(C)OC(=O)N1CCN(c2ccc(N)cc2F)C[C@H]1CO. The number of nitrogens with zero attached hydrogens (tertiary/aromatic N) is 2. The minimum absolute atomic E-state index is 0.216. The van der Waals surface area contributed by atoms with Gasteiger partial charge in [0.25, 0.3) is 0 Å². The van der Waals surface area contributed by atoms with E-state index in [0.717, 1.165) is 0 Å². The second kappa shape index (κ2) is 6.62. The first kappa shape index (κ1) is 17.3. The summed E-state index contributed by atoms with van der Waals surface area (Å²) in [5, 5.41) is 9.60. The molecule has 1 heterocycles. The highest BCUT2D eigenvalue weighted by atomic mass is 19.1. The summed E-state index contributed by atoms with van der Waals surface area (Å²) in [4.78, 5) is 15.5. The van der Waals surface area contributed by atoms with Crippen molar-refractivity contribution < 1.29 is 19.0 Å². The van der Waals surface area contributed by atoms with Crippen LogP contribution in [0.1, 0.15) is 20.8 Å². The van der Waals surface area contributed by atoms with Crippen LogP contribution in [0.3, 0.4) is 0 Å². The lowest BCUT2D eigenvalue weighted by Gasteiger charge is -2.42. The minimum atomic E-state index is -0.600. The molecule has 6 nitrogen and oxygen atoms in total. The molecule has 0 radical (unpaired) electrons. The zero-order valence-electron chi connectivity index (χ0n) is 13.8. The lowest BCUT2D eigenvalue weighted by Crippen LogP contribution is -2.57. The van der Waals surface area contributed by atoms with E-state index in [-0.39, 0.29) is 6.61 Å². The molecular formula is C16H24FN3O3. The molecule has 0 spiro atoms. The van der Waals surface area contributed by atoms with Crippen molar-refractivity contribution >= 4 is 17.5 Å². The van der Waals surface area contributed by atoms with E-state index in [4.69, 9.17) is 10.5 Å². The number of anilines is 2. The summed E-state index contributed by atoms with van der Waals surface area (Å²) < 4.78 is 19.4. The van der Waals surface area contributed by atoms with Crippen LogP contribution in [0, 0.1) is 5.82 Å². The third kappa shape index (κ3) is 4.25. The van der Waals surface area contributed by atoms with Crippen molar-refractivity contribution in [3.63, 3.8) is 0 Å². The number of amides is 1. The van der Waals surface area contributed by atoms with E-state index in [1.54, 1.807) is 37.8 Å². The summed E-state index contributed by atoms with van der Waals surface area (Å²) >= 11 is 0. The number of halogens is 1. The molecule has 1 aliphatic heterocycles. The summed E-state index contributed by atoms with van der Waals surface area (Å²) in [7, 11) is 0. The Kier molecular flexibility index (Phi) is 4.99. The van der Waals surface area contributed by atoms with Gasteiger partial charge in [-0.25, -0.2) is 9.18 Å². The Labute approximate surface area is 135 Å². The van der Waals surface area contributed by atoms with Gasteiger partial charge in [-0.15, -0.1) is 0 Å². The monoisotopic (exact) mass is 325 g/mol. The highest BCUT2D eigenvalue weighted by Crippen LogP contribution is 2.25. The number of benzene rings is 1. The minimum Gasteiger partial charge on any atom is -0.444 e. The van der Waals surface area contributed by atoms with Gasteiger partial charge in [-0.05, 0) is 39.0 Å². The van der Waals surface area contributed by atoms with Crippen LogP contribution in [0.4, 0.5) is 20.6 Å². The fraction of sp³-hybridized carbons (Fsp3) is 0.562. The van der Waals surface area contributed by atoms with Crippen LogP contribution >= 0.6 is 0 Å². The number of hydrogen-bond donors (Lipinski definition) is 2. The van der Waals surface area contributed by atoms with Gasteiger partial charge in [-0.2, -0.15) is 0 Å². The van der Waals surface area contributed by atoms with Gasteiger partial charge in [0.1, 0.15) is 11.4 Å². The van der Waals surface area contributed by atoms with Crippen LogP contribution in [0.25, 0.3) is 0 Å². The maximum atomic E-state index is 14.1. The fourth-order valence-electron chi connectivity index (χ4n) is 2.57. The van der Waals surface area contributed by atoms with E-state index in [1.807, 2.05) is 0 Å². The average molecular weight is 325 g/mol. The van der Waals surface area contributed by atoms with Crippen molar-refractivity contribution in [3.8, 4) is 0 Å². The number of aliphatic hydroxyl groups is 1. The number of aliphatic hydroxyl groups excluding tert-OH is 1. The number of piperazine rings is 1. The summed E-state index contributed by atoms with van der Waals surface area (Å²) in [5.74, 6) is -0.410. The number of nitrogens with two attached hydrogens (primary N) is 1. The number of carbonyl (C=O) groups excluding carboxylic acids is 1. The predicted molar refractivity (Wildman–Crippen MR) is 86.8 cm³/mol. The molecule has 1 saturated heterocycles. The Morgan fingerprint density at radius 3 is 2.70 bits per heavy atom. The number of ether oxygens (including phenoxy) is 1. The van der Waals surface area contributed by atoms with Crippen molar-refractivity contribution in [2.45, 2.75) is 32.4 Å². The molecule has 1 amide bonds. The molecule has 1 aromatic carbocycles. The third-order valence-electron chi connectivity index (χ3n) is 3.63. The van der Waals surface area contributed by atoms with Gasteiger partial charge in [-0.1, -0.05) is 0 Å². The molecule has 0 unspecified atom stereocenters. The largest absolute Gasteiger partial charge is 0.444 e. The summed E-state index contributed by atoms with van der Waals surface area (Å²) in [6, 6.07) is 4.06. The maximum Gasteiger partial charge on any atom is 0.410 e. The van der Waals surface area contributed by atoms with Crippen molar-refractivity contribution in [3.05, 3.63) is 24.0 Å². The Morgan fingerprint density at radius 2 is 2.13 bits per heavy atom. The molecule has 7 heteroatoms. The molecule has 0 aromatic heterocycles. The quantitative estimate of drug-likeness (QED) is 0.811. The van der Waals surface area contributed by atoms with Crippen molar-refractivity contribution in [1.29, 1.82) is 0 Å². The zero-order valence-corrected chi connectivity index (χ0v) is 13.8. The summed E-state index contributed by atoms with van der Waals surface area (Å²) in [6.45, 7) is 6.29. The van der Waals surface area contributed by atoms with Crippen LogP contribution in [0.5, 0.6) is 0 Å². The average Bonchev–Trinajstić information content (AvgIpc) is 2.44. The van der Waals surface area contributed by atoms with Gasteiger partial charge in [0, 0.05) is 25.3 Å². The number of nitrogen functional groups attached to an aromatic ring is 1. The van der Waals surface area contributed by atoms with Gasteiger partial charge >= 0.3 is 6.09 Å². The van der Waals surface area contributed by atoms with Crippen LogP contribution < -0.4 is 10.6 Å². The molecule has 0 aliphatic carbocycles. The van der Waals surface area contributed by atoms with Crippen molar-refractivity contribution in [1.82, 2.24) is 4.90 Å². The molecule has 1 atom stereocenters. The molecule has 1 aromatic rings.